The van der Waals surface area contributed by atoms with Crippen LogP contribution in [0.2, 0.25) is 0 Å². The predicted octanol–water partition coefficient (Wildman–Crippen LogP) is 5.31. The highest BCUT2D eigenvalue weighted by Gasteiger charge is 2.21. The van der Waals surface area contributed by atoms with E-state index in [9.17, 15) is 9.59 Å². The molecule has 2 amide bonds. The molecule has 0 aliphatic rings. The summed E-state index contributed by atoms with van der Waals surface area (Å²) in [5.74, 6) is -0.0421. The lowest BCUT2D eigenvalue weighted by atomic mass is 9.87. The van der Waals surface area contributed by atoms with E-state index in [-0.39, 0.29) is 23.8 Å². The quantitative estimate of drug-likeness (QED) is 0.349. The Hall–Kier alpha value is -3.12. The maximum absolute atomic E-state index is 13.6. The SMILES string of the molecule is CCC(=O)N(CCCOC)CC(=O)N(CCc1c[nH]c2ccccc12)Cc1ccc(C(C)(C)C)cc1. The number of para-hydroxylation sites is 1. The molecule has 0 fully saturated rings. The minimum absolute atomic E-state index is 0.00874. The van der Waals surface area contributed by atoms with Crippen molar-refractivity contribution < 1.29 is 14.3 Å². The molecule has 1 N–H and O–H groups in total. The maximum atomic E-state index is 13.6. The smallest absolute Gasteiger partial charge is 0.242 e. The average Bonchev–Trinajstić information content (AvgIpc) is 3.28. The van der Waals surface area contributed by atoms with Crippen LogP contribution in [0.3, 0.4) is 0 Å². The molecule has 0 bridgehead atoms. The molecule has 1 aromatic heterocycles. The lowest BCUT2D eigenvalue weighted by molar-refractivity contribution is -0.140. The fourth-order valence-corrected chi connectivity index (χ4v) is 4.39. The van der Waals surface area contributed by atoms with Crippen LogP contribution in [-0.2, 0) is 32.7 Å². The molecule has 0 saturated heterocycles. The van der Waals surface area contributed by atoms with Gasteiger partial charge in [-0.3, -0.25) is 9.59 Å². The van der Waals surface area contributed by atoms with Gasteiger partial charge in [-0.25, -0.2) is 0 Å². The number of H-pyrrole nitrogens is 1. The zero-order valence-corrected chi connectivity index (χ0v) is 22.5. The molecule has 36 heavy (non-hydrogen) atoms. The van der Waals surface area contributed by atoms with Crippen molar-refractivity contribution in [2.75, 3.05) is 33.4 Å². The predicted molar refractivity (Wildman–Crippen MR) is 146 cm³/mol. The first-order valence-electron chi connectivity index (χ1n) is 12.9. The third-order valence-electron chi connectivity index (χ3n) is 6.63. The van der Waals surface area contributed by atoms with Gasteiger partial charge >= 0.3 is 0 Å². The molecule has 1 heterocycles. The summed E-state index contributed by atoms with van der Waals surface area (Å²) >= 11 is 0. The van der Waals surface area contributed by atoms with E-state index in [0.29, 0.717) is 39.1 Å². The fourth-order valence-electron chi connectivity index (χ4n) is 4.39. The molecule has 0 saturated carbocycles. The number of rotatable bonds is 12. The van der Waals surface area contributed by atoms with Gasteiger partial charge in [-0.1, -0.05) is 70.2 Å². The van der Waals surface area contributed by atoms with Crippen LogP contribution in [0.15, 0.2) is 54.7 Å². The van der Waals surface area contributed by atoms with Crippen molar-refractivity contribution in [2.45, 2.75) is 58.9 Å². The summed E-state index contributed by atoms with van der Waals surface area (Å²) in [6.45, 7) is 10.7. The van der Waals surface area contributed by atoms with Crippen molar-refractivity contribution in [3.63, 3.8) is 0 Å². The lowest BCUT2D eigenvalue weighted by Crippen LogP contribution is -2.43. The van der Waals surface area contributed by atoms with Gasteiger partial charge in [-0.2, -0.15) is 0 Å². The molecule has 0 atom stereocenters. The van der Waals surface area contributed by atoms with E-state index in [2.05, 4.69) is 62.2 Å². The van der Waals surface area contributed by atoms with E-state index >= 15 is 0 Å². The lowest BCUT2D eigenvalue weighted by Gasteiger charge is -2.28. The minimum Gasteiger partial charge on any atom is -0.385 e. The molecular formula is C30H41N3O3. The second kappa shape index (κ2) is 12.7. The number of hydrogen-bond acceptors (Lipinski definition) is 3. The van der Waals surface area contributed by atoms with Crippen LogP contribution in [0.5, 0.6) is 0 Å². The number of benzene rings is 2. The third-order valence-corrected chi connectivity index (χ3v) is 6.63. The van der Waals surface area contributed by atoms with Gasteiger partial charge in [0.1, 0.15) is 0 Å². The number of aromatic amines is 1. The Bertz CT molecular complexity index is 1130. The van der Waals surface area contributed by atoms with E-state index in [1.807, 2.05) is 30.2 Å². The average molecular weight is 492 g/mol. The van der Waals surface area contributed by atoms with E-state index in [1.54, 1.807) is 12.0 Å². The molecule has 194 valence electrons. The van der Waals surface area contributed by atoms with Crippen LogP contribution in [0.4, 0.5) is 0 Å². The van der Waals surface area contributed by atoms with E-state index in [1.165, 1.54) is 16.5 Å². The highest BCUT2D eigenvalue weighted by Crippen LogP contribution is 2.23. The largest absolute Gasteiger partial charge is 0.385 e. The highest BCUT2D eigenvalue weighted by molar-refractivity contribution is 5.85. The Labute approximate surface area is 215 Å². The van der Waals surface area contributed by atoms with Crippen molar-refractivity contribution in [1.29, 1.82) is 0 Å². The van der Waals surface area contributed by atoms with E-state index < -0.39 is 0 Å². The Balaban J connectivity index is 1.78. The van der Waals surface area contributed by atoms with E-state index in [4.69, 9.17) is 4.74 Å². The molecule has 3 rings (SSSR count). The van der Waals surface area contributed by atoms with Crippen molar-refractivity contribution in [2.24, 2.45) is 0 Å². The number of carbonyl (C=O) groups is 2. The van der Waals surface area contributed by atoms with Gasteiger partial charge in [0, 0.05) is 56.9 Å². The number of aromatic nitrogens is 1. The first-order chi connectivity index (χ1) is 17.2. The van der Waals surface area contributed by atoms with Gasteiger partial charge in [0.05, 0.1) is 6.54 Å². The summed E-state index contributed by atoms with van der Waals surface area (Å²) in [6, 6.07) is 16.7. The number of ether oxygens (including phenoxy) is 1. The monoisotopic (exact) mass is 491 g/mol. The Morgan fingerprint density at radius 1 is 0.944 bits per heavy atom. The summed E-state index contributed by atoms with van der Waals surface area (Å²) < 4.78 is 5.15. The molecule has 3 aromatic rings. The van der Waals surface area contributed by atoms with Gasteiger partial charge in [-0.05, 0) is 41.0 Å². The van der Waals surface area contributed by atoms with Crippen molar-refractivity contribution >= 4 is 22.7 Å². The minimum atomic E-state index is -0.0334. The maximum Gasteiger partial charge on any atom is 0.242 e. The molecular weight excluding hydrogens is 450 g/mol. The summed E-state index contributed by atoms with van der Waals surface area (Å²) in [6.07, 6.45) is 3.85. The molecule has 6 nitrogen and oxygen atoms in total. The topological polar surface area (TPSA) is 65.6 Å². The molecule has 0 aliphatic carbocycles. The number of nitrogens with one attached hydrogen (secondary N) is 1. The van der Waals surface area contributed by atoms with Gasteiger partial charge in [0.25, 0.3) is 0 Å². The van der Waals surface area contributed by atoms with Crippen LogP contribution in [-0.4, -0.2) is 59.9 Å². The standard InChI is InChI=1S/C30H41N3O3/c1-6-28(34)32(17-9-19-36-5)22-29(35)33(21-23-12-14-25(15-13-23)30(2,3)4)18-16-24-20-31-27-11-8-7-10-26(24)27/h7-8,10-15,20,31H,6,9,16-19,21-22H2,1-5H3. The first kappa shape index (κ1) is 27.5. The summed E-state index contributed by atoms with van der Waals surface area (Å²) in [4.78, 5) is 33.0. The van der Waals surface area contributed by atoms with Gasteiger partial charge < -0.3 is 19.5 Å². The van der Waals surface area contributed by atoms with Crippen molar-refractivity contribution in [1.82, 2.24) is 14.8 Å². The van der Waals surface area contributed by atoms with Gasteiger partial charge in [-0.15, -0.1) is 0 Å². The zero-order chi connectivity index (χ0) is 26.1. The second-order valence-electron chi connectivity index (χ2n) is 10.4. The zero-order valence-electron chi connectivity index (χ0n) is 22.5. The highest BCUT2D eigenvalue weighted by atomic mass is 16.5. The first-order valence-corrected chi connectivity index (χ1v) is 12.9. The number of fused-ring (bicyclic) bond motifs is 1. The van der Waals surface area contributed by atoms with Crippen molar-refractivity contribution in [3.05, 3.63) is 71.4 Å². The number of methoxy groups -OCH3 is 1. The Morgan fingerprint density at radius 2 is 1.67 bits per heavy atom. The van der Waals surface area contributed by atoms with E-state index in [0.717, 1.165) is 17.5 Å². The molecule has 0 unspecified atom stereocenters. The molecule has 6 heteroatoms. The molecule has 0 radical (unpaired) electrons. The molecule has 0 spiro atoms. The molecule has 2 aromatic carbocycles. The van der Waals surface area contributed by atoms with Crippen LogP contribution >= 0.6 is 0 Å². The Kier molecular flexibility index (Phi) is 9.71. The van der Waals surface area contributed by atoms with Crippen LogP contribution in [0, 0.1) is 0 Å². The van der Waals surface area contributed by atoms with Gasteiger partial charge in [0.15, 0.2) is 0 Å². The fraction of sp³-hybridized carbons (Fsp3) is 0.467. The summed E-state index contributed by atoms with van der Waals surface area (Å²) in [5.41, 5.74) is 4.71. The van der Waals surface area contributed by atoms with Crippen LogP contribution in [0.25, 0.3) is 10.9 Å². The summed E-state index contributed by atoms with van der Waals surface area (Å²) in [5, 5.41) is 1.18. The summed E-state index contributed by atoms with van der Waals surface area (Å²) in [7, 11) is 1.65. The normalized spacial score (nSPS) is 11.6. The second-order valence-corrected chi connectivity index (χ2v) is 10.4. The van der Waals surface area contributed by atoms with Gasteiger partial charge in [0.2, 0.25) is 11.8 Å². The number of carbonyl (C=O) groups excluding carboxylic acids is 2. The van der Waals surface area contributed by atoms with Crippen LogP contribution in [0.1, 0.15) is 57.2 Å². The molecule has 0 aliphatic heterocycles. The van der Waals surface area contributed by atoms with Crippen molar-refractivity contribution in [3.8, 4) is 0 Å². The number of amides is 2. The number of nitrogens with zero attached hydrogens (tertiary/aromatic N) is 2. The van der Waals surface area contributed by atoms with Crippen LogP contribution < -0.4 is 0 Å². The number of hydrogen-bond donors (Lipinski definition) is 1. The third kappa shape index (κ3) is 7.44. The Morgan fingerprint density at radius 3 is 2.33 bits per heavy atom.